The van der Waals surface area contributed by atoms with Gasteiger partial charge in [0.25, 0.3) is 5.91 Å². The van der Waals surface area contributed by atoms with E-state index in [0.29, 0.717) is 12.1 Å². The van der Waals surface area contributed by atoms with Crippen molar-refractivity contribution in [1.82, 2.24) is 5.32 Å². The van der Waals surface area contributed by atoms with E-state index in [9.17, 15) is 4.79 Å². The summed E-state index contributed by atoms with van der Waals surface area (Å²) < 4.78 is 0.975. The average molecular weight is 338 g/mol. The lowest BCUT2D eigenvalue weighted by Gasteiger charge is -2.23. The SMILES string of the molecule is CC(C)(CNC(=O)c1ccc(Br)cc1)c1cccs1. The van der Waals surface area contributed by atoms with Gasteiger partial charge in [0.05, 0.1) is 0 Å². The van der Waals surface area contributed by atoms with Crippen LogP contribution in [0.2, 0.25) is 0 Å². The topological polar surface area (TPSA) is 29.1 Å². The third-order valence-corrected chi connectivity index (χ3v) is 4.75. The maximum absolute atomic E-state index is 12.0. The van der Waals surface area contributed by atoms with Crippen LogP contribution in [0.1, 0.15) is 29.1 Å². The average Bonchev–Trinajstić information content (AvgIpc) is 2.91. The van der Waals surface area contributed by atoms with E-state index in [-0.39, 0.29) is 11.3 Å². The molecule has 0 atom stereocenters. The van der Waals surface area contributed by atoms with Crippen molar-refractivity contribution in [1.29, 1.82) is 0 Å². The van der Waals surface area contributed by atoms with Crippen LogP contribution in [0, 0.1) is 0 Å². The smallest absolute Gasteiger partial charge is 0.251 e. The molecule has 2 nitrogen and oxygen atoms in total. The lowest BCUT2D eigenvalue weighted by atomic mass is 9.91. The van der Waals surface area contributed by atoms with E-state index in [1.165, 1.54) is 4.88 Å². The van der Waals surface area contributed by atoms with Gasteiger partial charge in [-0.2, -0.15) is 0 Å². The van der Waals surface area contributed by atoms with Crippen LogP contribution in [-0.2, 0) is 5.41 Å². The highest BCUT2D eigenvalue weighted by Gasteiger charge is 2.22. The molecule has 1 N–H and O–H groups in total. The Morgan fingerprint density at radius 3 is 2.53 bits per heavy atom. The third kappa shape index (κ3) is 3.67. The number of hydrogen-bond donors (Lipinski definition) is 1. The monoisotopic (exact) mass is 337 g/mol. The summed E-state index contributed by atoms with van der Waals surface area (Å²) in [5, 5.41) is 5.06. The molecule has 0 bridgehead atoms. The number of halogens is 1. The predicted octanol–water partition coefficient (Wildman–Crippen LogP) is 4.22. The van der Waals surface area contributed by atoms with Gasteiger partial charge in [0.15, 0.2) is 0 Å². The van der Waals surface area contributed by atoms with Gasteiger partial charge in [-0.3, -0.25) is 4.79 Å². The molecule has 0 aliphatic rings. The van der Waals surface area contributed by atoms with Crippen LogP contribution in [0.5, 0.6) is 0 Å². The molecular weight excluding hydrogens is 322 g/mol. The Morgan fingerprint density at radius 2 is 1.95 bits per heavy atom. The maximum atomic E-state index is 12.0. The summed E-state index contributed by atoms with van der Waals surface area (Å²) in [4.78, 5) is 13.3. The molecule has 1 aromatic heterocycles. The minimum absolute atomic E-state index is 0.0304. The van der Waals surface area contributed by atoms with Gasteiger partial charge in [0, 0.05) is 26.9 Å². The zero-order valence-corrected chi connectivity index (χ0v) is 13.3. The van der Waals surface area contributed by atoms with Crippen molar-refractivity contribution in [2.45, 2.75) is 19.3 Å². The fourth-order valence-corrected chi connectivity index (χ4v) is 2.87. The highest BCUT2D eigenvalue weighted by Crippen LogP contribution is 2.26. The van der Waals surface area contributed by atoms with Crippen LogP contribution in [0.15, 0.2) is 46.3 Å². The van der Waals surface area contributed by atoms with Gasteiger partial charge in [0.2, 0.25) is 0 Å². The Kier molecular flexibility index (Phi) is 4.42. The van der Waals surface area contributed by atoms with E-state index >= 15 is 0 Å². The number of carbonyl (C=O) groups is 1. The van der Waals surface area contributed by atoms with Gasteiger partial charge in [-0.15, -0.1) is 11.3 Å². The standard InChI is InChI=1S/C15H16BrNOS/c1-15(2,13-4-3-9-19-13)10-17-14(18)11-5-7-12(16)8-6-11/h3-9H,10H2,1-2H3,(H,17,18). The number of carbonyl (C=O) groups excluding carboxylic acids is 1. The molecule has 2 rings (SSSR count). The van der Waals surface area contributed by atoms with Gasteiger partial charge >= 0.3 is 0 Å². The van der Waals surface area contributed by atoms with Gasteiger partial charge in [-0.05, 0) is 35.7 Å². The van der Waals surface area contributed by atoms with Crippen molar-refractivity contribution in [3.8, 4) is 0 Å². The molecule has 2 aromatic rings. The molecule has 19 heavy (non-hydrogen) atoms. The van der Waals surface area contributed by atoms with E-state index < -0.39 is 0 Å². The predicted molar refractivity (Wildman–Crippen MR) is 83.8 cm³/mol. The summed E-state index contributed by atoms with van der Waals surface area (Å²) in [7, 11) is 0. The first kappa shape index (κ1) is 14.3. The zero-order valence-electron chi connectivity index (χ0n) is 10.9. The number of nitrogens with one attached hydrogen (secondary N) is 1. The highest BCUT2D eigenvalue weighted by atomic mass is 79.9. The number of hydrogen-bond acceptors (Lipinski definition) is 2. The van der Waals surface area contributed by atoms with Crippen LogP contribution in [0.25, 0.3) is 0 Å². The molecule has 1 amide bonds. The highest BCUT2D eigenvalue weighted by molar-refractivity contribution is 9.10. The van der Waals surface area contributed by atoms with E-state index in [0.717, 1.165) is 4.47 Å². The summed E-state index contributed by atoms with van der Waals surface area (Å²) in [6, 6.07) is 11.5. The van der Waals surface area contributed by atoms with E-state index in [1.54, 1.807) is 11.3 Å². The second kappa shape index (κ2) is 5.88. The first-order valence-electron chi connectivity index (χ1n) is 6.07. The summed E-state index contributed by atoms with van der Waals surface area (Å²) >= 11 is 5.08. The van der Waals surface area contributed by atoms with Gasteiger partial charge in [0.1, 0.15) is 0 Å². The lowest BCUT2D eigenvalue weighted by Crippen LogP contribution is -2.36. The van der Waals surface area contributed by atoms with E-state index in [2.05, 4.69) is 46.5 Å². The molecule has 0 spiro atoms. The number of thiophene rings is 1. The summed E-state index contributed by atoms with van der Waals surface area (Å²) in [5.41, 5.74) is 0.643. The third-order valence-electron chi connectivity index (χ3n) is 2.99. The molecule has 0 unspecified atom stereocenters. The minimum atomic E-state index is -0.0425. The van der Waals surface area contributed by atoms with Gasteiger partial charge in [-0.1, -0.05) is 35.8 Å². The van der Waals surface area contributed by atoms with Crippen molar-refractivity contribution in [2.75, 3.05) is 6.54 Å². The Balaban J connectivity index is 1.99. The molecule has 1 heterocycles. The number of amides is 1. The molecule has 100 valence electrons. The molecule has 0 fully saturated rings. The minimum Gasteiger partial charge on any atom is -0.351 e. The Hall–Kier alpha value is -1.13. The molecule has 4 heteroatoms. The number of benzene rings is 1. The Morgan fingerprint density at radius 1 is 1.26 bits per heavy atom. The Bertz CT molecular complexity index is 546. The van der Waals surface area contributed by atoms with E-state index in [4.69, 9.17) is 0 Å². The molecule has 0 saturated carbocycles. The lowest BCUT2D eigenvalue weighted by molar-refractivity contribution is 0.0946. The van der Waals surface area contributed by atoms with Crippen LogP contribution in [0.4, 0.5) is 0 Å². The van der Waals surface area contributed by atoms with Crippen molar-refractivity contribution >= 4 is 33.2 Å². The van der Waals surface area contributed by atoms with Crippen molar-refractivity contribution in [3.05, 3.63) is 56.7 Å². The summed E-state index contributed by atoms with van der Waals surface area (Å²) in [6.07, 6.45) is 0. The van der Waals surface area contributed by atoms with Gasteiger partial charge < -0.3 is 5.32 Å². The van der Waals surface area contributed by atoms with Crippen LogP contribution in [0.3, 0.4) is 0 Å². The Labute approximate surface area is 126 Å². The van der Waals surface area contributed by atoms with Crippen molar-refractivity contribution < 1.29 is 4.79 Å². The molecule has 0 aliphatic carbocycles. The molecule has 0 aliphatic heterocycles. The molecule has 1 aromatic carbocycles. The second-order valence-electron chi connectivity index (χ2n) is 5.05. The zero-order chi connectivity index (χ0) is 13.9. The first-order valence-corrected chi connectivity index (χ1v) is 7.74. The largest absolute Gasteiger partial charge is 0.351 e. The number of rotatable bonds is 4. The van der Waals surface area contributed by atoms with Crippen LogP contribution < -0.4 is 5.32 Å². The van der Waals surface area contributed by atoms with Crippen molar-refractivity contribution in [3.63, 3.8) is 0 Å². The van der Waals surface area contributed by atoms with E-state index in [1.807, 2.05) is 30.3 Å². The van der Waals surface area contributed by atoms with Crippen molar-refractivity contribution in [2.24, 2.45) is 0 Å². The first-order chi connectivity index (χ1) is 8.99. The normalized spacial score (nSPS) is 11.3. The second-order valence-corrected chi connectivity index (χ2v) is 6.91. The van der Waals surface area contributed by atoms with Crippen LogP contribution in [-0.4, -0.2) is 12.5 Å². The molecule has 0 radical (unpaired) electrons. The maximum Gasteiger partial charge on any atom is 0.251 e. The fourth-order valence-electron chi connectivity index (χ4n) is 1.76. The van der Waals surface area contributed by atoms with Crippen LogP contribution >= 0.6 is 27.3 Å². The van der Waals surface area contributed by atoms with Gasteiger partial charge in [-0.25, -0.2) is 0 Å². The molecule has 0 saturated heterocycles. The summed E-state index contributed by atoms with van der Waals surface area (Å²) in [6.45, 7) is 4.91. The molecular formula is C15H16BrNOS. The fraction of sp³-hybridized carbons (Fsp3) is 0.267. The summed E-state index contributed by atoms with van der Waals surface area (Å²) in [5.74, 6) is -0.0304. The quantitative estimate of drug-likeness (QED) is 0.889.